The third-order valence-electron chi connectivity index (χ3n) is 3.24. The van der Waals surface area contributed by atoms with Gasteiger partial charge < -0.3 is 9.47 Å². The highest BCUT2D eigenvalue weighted by Gasteiger charge is 2.39. The van der Waals surface area contributed by atoms with Crippen LogP contribution >= 0.6 is 0 Å². The van der Waals surface area contributed by atoms with Gasteiger partial charge in [-0.05, 0) is 45.4 Å². The van der Waals surface area contributed by atoms with Crippen LogP contribution in [0.3, 0.4) is 0 Å². The van der Waals surface area contributed by atoms with E-state index in [9.17, 15) is 4.79 Å². The minimum Gasteiger partial charge on any atom is -0.465 e. The molecule has 0 amide bonds. The first-order chi connectivity index (χ1) is 8.98. The Labute approximate surface area is 117 Å². The number of ether oxygens (including phenoxy) is 2. The van der Waals surface area contributed by atoms with Gasteiger partial charge in [0.1, 0.15) is 5.54 Å². The maximum absolute atomic E-state index is 12.1. The van der Waals surface area contributed by atoms with Gasteiger partial charge in [0.05, 0.1) is 6.61 Å². The van der Waals surface area contributed by atoms with Crippen molar-refractivity contribution < 1.29 is 14.3 Å². The summed E-state index contributed by atoms with van der Waals surface area (Å²) in [5, 5.41) is 3.42. The van der Waals surface area contributed by atoms with Gasteiger partial charge in [0.25, 0.3) is 0 Å². The number of carbonyl (C=O) groups excluding carboxylic acids is 1. The molecule has 0 spiro atoms. The molecule has 4 nitrogen and oxygen atoms in total. The first-order valence-electron chi connectivity index (χ1n) is 7.50. The van der Waals surface area contributed by atoms with E-state index in [0.717, 1.165) is 19.4 Å². The van der Waals surface area contributed by atoms with Crippen LogP contribution in [0.5, 0.6) is 0 Å². The van der Waals surface area contributed by atoms with Gasteiger partial charge in [0, 0.05) is 19.3 Å². The second kappa shape index (κ2) is 7.85. The van der Waals surface area contributed by atoms with Crippen molar-refractivity contribution in [1.82, 2.24) is 5.32 Å². The van der Waals surface area contributed by atoms with Crippen LogP contribution < -0.4 is 5.32 Å². The molecule has 0 aliphatic heterocycles. The average molecular weight is 271 g/mol. The van der Waals surface area contributed by atoms with Gasteiger partial charge in [-0.25, -0.2) is 0 Å². The number of hydrogen-bond donors (Lipinski definition) is 1. The monoisotopic (exact) mass is 271 g/mol. The lowest BCUT2D eigenvalue weighted by Crippen LogP contribution is -2.51. The minimum atomic E-state index is -0.557. The molecule has 0 saturated heterocycles. The lowest BCUT2D eigenvalue weighted by Gasteiger charge is -2.28. The van der Waals surface area contributed by atoms with E-state index in [4.69, 9.17) is 9.47 Å². The Bertz CT molecular complexity index is 277. The summed E-state index contributed by atoms with van der Waals surface area (Å²) in [6.45, 7) is 10.00. The van der Waals surface area contributed by atoms with Gasteiger partial charge in [-0.2, -0.15) is 0 Å². The van der Waals surface area contributed by atoms with E-state index >= 15 is 0 Å². The number of esters is 1. The van der Waals surface area contributed by atoms with Crippen LogP contribution in [0.25, 0.3) is 0 Å². The zero-order chi connectivity index (χ0) is 14.3. The molecule has 1 N–H and O–H groups in total. The van der Waals surface area contributed by atoms with E-state index in [-0.39, 0.29) is 5.97 Å². The van der Waals surface area contributed by atoms with Crippen LogP contribution in [0.2, 0.25) is 0 Å². The Kier molecular flexibility index (Phi) is 6.80. The van der Waals surface area contributed by atoms with Crippen molar-refractivity contribution >= 4 is 5.97 Å². The SMILES string of the molecule is CCOC(=O)C(C)(CCCOCC(C)C)NC1CC1. The maximum atomic E-state index is 12.1. The second-order valence-electron chi connectivity index (χ2n) is 6.04. The van der Waals surface area contributed by atoms with E-state index in [1.807, 2.05) is 13.8 Å². The minimum absolute atomic E-state index is 0.134. The predicted octanol–water partition coefficient (Wildman–Crippen LogP) is 2.51. The maximum Gasteiger partial charge on any atom is 0.326 e. The predicted molar refractivity (Wildman–Crippen MR) is 76.1 cm³/mol. The average Bonchev–Trinajstić information content (AvgIpc) is 3.12. The van der Waals surface area contributed by atoms with Gasteiger partial charge in [-0.3, -0.25) is 10.1 Å². The first-order valence-corrected chi connectivity index (χ1v) is 7.50. The fourth-order valence-electron chi connectivity index (χ4n) is 2.05. The van der Waals surface area contributed by atoms with E-state index in [1.54, 1.807) is 0 Å². The Hall–Kier alpha value is -0.610. The number of rotatable bonds is 10. The van der Waals surface area contributed by atoms with Gasteiger partial charge in [-0.1, -0.05) is 13.8 Å². The molecule has 1 aliphatic rings. The van der Waals surface area contributed by atoms with Crippen molar-refractivity contribution in [3.05, 3.63) is 0 Å². The van der Waals surface area contributed by atoms with Crippen LogP contribution in [-0.4, -0.2) is 37.4 Å². The smallest absolute Gasteiger partial charge is 0.326 e. The number of nitrogens with one attached hydrogen (secondary N) is 1. The highest BCUT2D eigenvalue weighted by Crippen LogP contribution is 2.25. The molecule has 1 unspecified atom stereocenters. The molecular formula is C15H29NO3. The Balaban J connectivity index is 2.33. The second-order valence-corrected chi connectivity index (χ2v) is 6.04. The first kappa shape index (κ1) is 16.4. The summed E-state index contributed by atoms with van der Waals surface area (Å²) in [4.78, 5) is 12.1. The van der Waals surface area contributed by atoms with E-state index < -0.39 is 5.54 Å². The molecule has 0 heterocycles. The summed E-state index contributed by atoms with van der Waals surface area (Å²) in [7, 11) is 0. The fourth-order valence-corrected chi connectivity index (χ4v) is 2.05. The lowest BCUT2D eigenvalue weighted by molar-refractivity contribution is -0.151. The zero-order valence-electron chi connectivity index (χ0n) is 12.8. The van der Waals surface area contributed by atoms with Gasteiger partial charge in [0.2, 0.25) is 0 Å². The summed E-state index contributed by atoms with van der Waals surface area (Å²) in [5.41, 5.74) is -0.557. The third-order valence-corrected chi connectivity index (χ3v) is 3.24. The topological polar surface area (TPSA) is 47.6 Å². The Morgan fingerprint density at radius 3 is 2.63 bits per heavy atom. The van der Waals surface area contributed by atoms with Crippen LogP contribution in [0.1, 0.15) is 53.4 Å². The van der Waals surface area contributed by atoms with Crippen LogP contribution in [0.15, 0.2) is 0 Å². The van der Waals surface area contributed by atoms with Gasteiger partial charge >= 0.3 is 5.97 Å². The van der Waals surface area contributed by atoms with Crippen molar-refractivity contribution in [1.29, 1.82) is 0 Å². The van der Waals surface area contributed by atoms with E-state index in [0.29, 0.717) is 25.2 Å². The van der Waals surface area contributed by atoms with Crippen LogP contribution in [0.4, 0.5) is 0 Å². The largest absolute Gasteiger partial charge is 0.465 e. The highest BCUT2D eigenvalue weighted by molar-refractivity contribution is 5.80. The van der Waals surface area contributed by atoms with Crippen molar-refractivity contribution in [3.8, 4) is 0 Å². The molecule has 1 aliphatic carbocycles. The standard InChI is InChI=1S/C15H29NO3/c1-5-19-14(17)15(4,16-13-7-8-13)9-6-10-18-11-12(2)3/h12-13,16H,5-11H2,1-4H3. The highest BCUT2D eigenvalue weighted by atomic mass is 16.5. The quantitative estimate of drug-likeness (QED) is 0.490. The Morgan fingerprint density at radius 1 is 1.42 bits per heavy atom. The number of hydrogen-bond acceptors (Lipinski definition) is 4. The molecule has 1 fully saturated rings. The van der Waals surface area contributed by atoms with E-state index in [2.05, 4.69) is 19.2 Å². The molecule has 19 heavy (non-hydrogen) atoms. The van der Waals surface area contributed by atoms with Crippen molar-refractivity contribution in [2.24, 2.45) is 5.92 Å². The van der Waals surface area contributed by atoms with Crippen molar-refractivity contribution in [3.63, 3.8) is 0 Å². The summed E-state index contributed by atoms with van der Waals surface area (Å²) in [6.07, 6.45) is 3.97. The number of carbonyl (C=O) groups is 1. The fraction of sp³-hybridized carbons (Fsp3) is 0.933. The molecule has 1 rings (SSSR count). The van der Waals surface area contributed by atoms with Crippen molar-refractivity contribution in [2.75, 3.05) is 19.8 Å². The summed E-state index contributed by atoms with van der Waals surface area (Å²) in [5.74, 6) is 0.423. The normalized spacial score (nSPS) is 18.4. The molecule has 112 valence electrons. The molecule has 0 aromatic rings. The molecule has 0 aromatic heterocycles. The summed E-state index contributed by atoms with van der Waals surface area (Å²) in [6, 6.07) is 0.492. The molecule has 0 bridgehead atoms. The molecule has 1 saturated carbocycles. The van der Waals surface area contributed by atoms with Crippen LogP contribution in [-0.2, 0) is 14.3 Å². The molecule has 0 radical (unpaired) electrons. The van der Waals surface area contributed by atoms with E-state index in [1.165, 1.54) is 12.8 Å². The molecule has 0 aromatic carbocycles. The Morgan fingerprint density at radius 2 is 2.11 bits per heavy atom. The molecular weight excluding hydrogens is 242 g/mol. The molecule has 4 heteroatoms. The summed E-state index contributed by atoms with van der Waals surface area (Å²) >= 11 is 0. The van der Waals surface area contributed by atoms with Crippen molar-refractivity contribution in [2.45, 2.75) is 65.0 Å². The van der Waals surface area contributed by atoms with Gasteiger partial charge in [-0.15, -0.1) is 0 Å². The summed E-state index contributed by atoms with van der Waals surface area (Å²) < 4.78 is 10.8. The third kappa shape index (κ3) is 6.39. The van der Waals surface area contributed by atoms with Gasteiger partial charge in [0.15, 0.2) is 0 Å². The van der Waals surface area contributed by atoms with Crippen LogP contribution in [0, 0.1) is 5.92 Å². The zero-order valence-corrected chi connectivity index (χ0v) is 12.8. The lowest BCUT2D eigenvalue weighted by atomic mass is 9.95. The molecule has 1 atom stereocenters.